The first-order valence-electron chi connectivity index (χ1n) is 7.74. The van der Waals surface area contributed by atoms with E-state index in [1.54, 1.807) is 0 Å². The van der Waals surface area contributed by atoms with Crippen molar-refractivity contribution >= 4 is 17.6 Å². The van der Waals surface area contributed by atoms with Crippen LogP contribution in [0.15, 0.2) is 40.1 Å². The molecule has 1 aromatic carbocycles. The summed E-state index contributed by atoms with van der Waals surface area (Å²) in [6, 6.07) is 7.84. The van der Waals surface area contributed by atoms with Crippen molar-refractivity contribution in [2.24, 2.45) is 0 Å². The van der Waals surface area contributed by atoms with Crippen molar-refractivity contribution < 1.29 is 9.90 Å². The quantitative estimate of drug-likeness (QED) is 0.715. The number of hydrogen-bond acceptors (Lipinski definition) is 3. The molecule has 0 radical (unpaired) electrons. The zero-order valence-corrected chi connectivity index (χ0v) is 13.9. The van der Waals surface area contributed by atoms with Crippen molar-refractivity contribution in [3.8, 4) is 0 Å². The summed E-state index contributed by atoms with van der Waals surface area (Å²) < 4.78 is 1.35. The Bertz CT molecular complexity index is 809. The van der Waals surface area contributed by atoms with Crippen molar-refractivity contribution in [3.63, 3.8) is 0 Å². The molecule has 2 aromatic rings. The van der Waals surface area contributed by atoms with Gasteiger partial charge in [-0.3, -0.25) is 19.1 Å². The third-order valence-electron chi connectivity index (χ3n) is 3.70. The van der Waals surface area contributed by atoms with E-state index in [2.05, 4.69) is 4.98 Å². The predicted molar refractivity (Wildman–Crippen MR) is 91.7 cm³/mol. The zero-order chi connectivity index (χ0) is 17.5. The zero-order valence-electron chi connectivity index (χ0n) is 13.1. The smallest absolute Gasteiger partial charge is 0.328 e. The van der Waals surface area contributed by atoms with Gasteiger partial charge in [-0.25, -0.2) is 4.79 Å². The Balaban J connectivity index is 1.90. The Morgan fingerprint density at radius 2 is 1.75 bits per heavy atom. The Morgan fingerprint density at radius 3 is 2.42 bits per heavy atom. The number of hydrogen-bond donors (Lipinski definition) is 2. The molecule has 1 aromatic heterocycles. The summed E-state index contributed by atoms with van der Waals surface area (Å²) in [5.41, 5.74) is 1.01. The average Bonchev–Trinajstić information content (AvgIpc) is 2.53. The van der Waals surface area contributed by atoms with Crippen LogP contribution in [-0.4, -0.2) is 20.6 Å². The van der Waals surface area contributed by atoms with Crippen LogP contribution in [0.1, 0.15) is 36.8 Å². The molecular formula is C17H19ClN2O4. The van der Waals surface area contributed by atoms with Crippen LogP contribution in [0.2, 0.25) is 5.02 Å². The number of aliphatic carboxylic acids is 1. The van der Waals surface area contributed by atoms with Crippen LogP contribution in [0, 0.1) is 0 Å². The lowest BCUT2D eigenvalue weighted by Gasteiger charge is -2.07. The highest BCUT2D eigenvalue weighted by Crippen LogP contribution is 2.11. The molecule has 24 heavy (non-hydrogen) atoms. The first-order chi connectivity index (χ1) is 11.5. The molecule has 0 amide bonds. The van der Waals surface area contributed by atoms with Crippen LogP contribution in [0.25, 0.3) is 0 Å². The van der Waals surface area contributed by atoms with Gasteiger partial charge < -0.3 is 5.11 Å². The van der Waals surface area contributed by atoms with Gasteiger partial charge in [0, 0.05) is 12.6 Å². The molecule has 0 saturated heterocycles. The van der Waals surface area contributed by atoms with Crippen LogP contribution in [0.4, 0.5) is 0 Å². The van der Waals surface area contributed by atoms with Crippen LogP contribution in [0.5, 0.6) is 0 Å². The monoisotopic (exact) mass is 350 g/mol. The number of carboxylic acid groups (broad SMARTS) is 1. The number of halogens is 1. The number of nitrogens with zero attached hydrogens (tertiary/aromatic N) is 1. The highest BCUT2D eigenvalue weighted by atomic mass is 35.5. The van der Waals surface area contributed by atoms with Gasteiger partial charge in [0.15, 0.2) is 0 Å². The maximum Gasteiger partial charge on any atom is 0.328 e. The largest absolute Gasteiger partial charge is 0.481 e. The Labute approximate surface area is 143 Å². The number of unbranched alkanes of at least 4 members (excludes halogenated alkanes) is 2. The summed E-state index contributed by atoms with van der Waals surface area (Å²) in [6.45, 7) is 0.328. The summed E-state index contributed by atoms with van der Waals surface area (Å²) in [4.78, 5) is 35.6. The molecule has 6 nitrogen and oxygen atoms in total. The Hall–Kier alpha value is -2.34. The van der Waals surface area contributed by atoms with Gasteiger partial charge in [0.2, 0.25) is 0 Å². The van der Waals surface area contributed by atoms with Crippen molar-refractivity contribution in [2.45, 2.75) is 38.6 Å². The molecule has 0 bridgehead atoms. The van der Waals surface area contributed by atoms with Crippen LogP contribution < -0.4 is 11.2 Å². The molecule has 2 N–H and O–H groups in total. The number of carbonyl (C=O) groups is 1. The van der Waals surface area contributed by atoms with E-state index in [0.29, 0.717) is 13.0 Å². The van der Waals surface area contributed by atoms with Crippen molar-refractivity contribution in [1.82, 2.24) is 9.55 Å². The summed E-state index contributed by atoms with van der Waals surface area (Å²) in [5, 5.41) is 8.56. The minimum absolute atomic E-state index is 0.0208. The standard InChI is InChI=1S/C17H19ClN2O4/c18-14-11-20(17(24)19-16(14)23)10-13-8-6-12(7-9-13)4-2-1-3-5-15(21)22/h6-9,11H,1-5,10H2,(H,21,22)(H,19,23,24). The Morgan fingerprint density at radius 1 is 1.08 bits per heavy atom. The molecule has 0 aliphatic rings. The number of aryl methyl sites for hydroxylation is 1. The number of benzene rings is 1. The van der Waals surface area contributed by atoms with Gasteiger partial charge in [0.05, 0.1) is 6.54 Å². The summed E-state index contributed by atoms with van der Waals surface area (Å²) in [7, 11) is 0. The number of nitrogens with one attached hydrogen (secondary N) is 1. The molecule has 2 rings (SSSR count). The normalized spacial score (nSPS) is 10.7. The van der Waals surface area contributed by atoms with E-state index in [9.17, 15) is 14.4 Å². The van der Waals surface area contributed by atoms with E-state index in [1.165, 1.54) is 16.3 Å². The fourth-order valence-electron chi connectivity index (χ4n) is 2.39. The molecule has 128 valence electrons. The van der Waals surface area contributed by atoms with Crippen molar-refractivity contribution in [2.75, 3.05) is 0 Å². The van der Waals surface area contributed by atoms with E-state index >= 15 is 0 Å². The predicted octanol–water partition coefficient (Wildman–Crippen LogP) is 2.43. The first kappa shape index (κ1) is 18.0. The summed E-state index contributed by atoms with van der Waals surface area (Å²) in [5.74, 6) is -0.753. The second-order valence-electron chi connectivity index (χ2n) is 5.64. The number of aromatic nitrogens is 2. The molecule has 0 aliphatic heterocycles. The topological polar surface area (TPSA) is 92.2 Å². The van der Waals surface area contributed by atoms with E-state index in [-0.39, 0.29) is 11.4 Å². The molecule has 0 spiro atoms. The maximum absolute atomic E-state index is 11.7. The van der Waals surface area contributed by atoms with E-state index in [0.717, 1.165) is 24.8 Å². The van der Waals surface area contributed by atoms with E-state index < -0.39 is 17.2 Å². The number of rotatable bonds is 8. The van der Waals surface area contributed by atoms with Gasteiger partial charge in [-0.15, -0.1) is 0 Å². The minimum atomic E-state index is -0.753. The fraction of sp³-hybridized carbons (Fsp3) is 0.353. The van der Waals surface area contributed by atoms with Gasteiger partial charge >= 0.3 is 11.7 Å². The maximum atomic E-state index is 11.7. The molecule has 0 atom stereocenters. The van der Waals surface area contributed by atoms with E-state index in [4.69, 9.17) is 16.7 Å². The third-order valence-corrected chi connectivity index (χ3v) is 3.97. The lowest BCUT2D eigenvalue weighted by molar-refractivity contribution is -0.137. The van der Waals surface area contributed by atoms with Crippen LogP contribution in [-0.2, 0) is 17.8 Å². The van der Waals surface area contributed by atoms with E-state index in [1.807, 2.05) is 24.3 Å². The van der Waals surface area contributed by atoms with Gasteiger partial charge in [0.1, 0.15) is 5.02 Å². The van der Waals surface area contributed by atoms with Crippen molar-refractivity contribution in [3.05, 3.63) is 67.4 Å². The fourth-order valence-corrected chi connectivity index (χ4v) is 2.56. The van der Waals surface area contributed by atoms with Crippen molar-refractivity contribution in [1.29, 1.82) is 0 Å². The van der Waals surface area contributed by atoms with Gasteiger partial charge in [-0.05, 0) is 30.4 Å². The summed E-state index contributed by atoms with van der Waals surface area (Å²) >= 11 is 5.74. The molecule has 0 saturated carbocycles. The molecule has 0 unspecified atom stereocenters. The SMILES string of the molecule is O=C(O)CCCCCc1ccc(Cn2cc(Cl)c(=O)[nH]c2=O)cc1. The van der Waals surface area contributed by atoms with Crippen LogP contribution >= 0.6 is 11.6 Å². The van der Waals surface area contributed by atoms with Gasteiger partial charge in [-0.1, -0.05) is 42.3 Å². The molecule has 0 aliphatic carbocycles. The van der Waals surface area contributed by atoms with Gasteiger partial charge in [-0.2, -0.15) is 0 Å². The highest BCUT2D eigenvalue weighted by Gasteiger charge is 2.04. The number of carboxylic acids is 1. The number of aromatic amines is 1. The summed E-state index contributed by atoms with van der Waals surface area (Å²) in [6.07, 6.45) is 4.98. The highest BCUT2D eigenvalue weighted by molar-refractivity contribution is 6.30. The van der Waals surface area contributed by atoms with Crippen LogP contribution in [0.3, 0.4) is 0 Å². The minimum Gasteiger partial charge on any atom is -0.481 e. The molecule has 0 fully saturated rings. The second kappa shape index (κ2) is 8.49. The lowest BCUT2D eigenvalue weighted by Crippen LogP contribution is -2.29. The third kappa shape index (κ3) is 5.38. The Kier molecular flexibility index (Phi) is 6.37. The lowest BCUT2D eigenvalue weighted by atomic mass is 10.0. The molecule has 7 heteroatoms. The average molecular weight is 351 g/mol. The first-order valence-corrected chi connectivity index (χ1v) is 8.12. The molecule has 1 heterocycles. The second-order valence-corrected chi connectivity index (χ2v) is 6.04. The van der Waals surface area contributed by atoms with Gasteiger partial charge in [0.25, 0.3) is 5.56 Å². The molecular weight excluding hydrogens is 332 g/mol. The number of H-pyrrole nitrogens is 1.